The molecule has 0 radical (unpaired) electrons. The SMILES string of the molecule is CC#CCOc1ccc(S(=O)(=O)[C@@](N)(C(=O)N(C)O)C2CCC(O)CC2)cc1. The molecule has 0 saturated heterocycles. The first-order valence-electron chi connectivity index (χ1n) is 8.95. The van der Waals surface area contributed by atoms with Crippen molar-refractivity contribution in [3.05, 3.63) is 24.3 Å². The third-order valence-corrected chi connectivity index (χ3v) is 7.29. The van der Waals surface area contributed by atoms with Crippen molar-refractivity contribution in [3.8, 4) is 17.6 Å². The molecule has 4 N–H and O–H groups in total. The van der Waals surface area contributed by atoms with Gasteiger partial charge in [-0.15, -0.1) is 5.92 Å². The number of sulfone groups is 1. The van der Waals surface area contributed by atoms with Crippen LogP contribution in [0.5, 0.6) is 5.75 Å². The van der Waals surface area contributed by atoms with Crippen LogP contribution in [0.25, 0.3) is 0 Å². The molecule has 0 spiro atoms. The maximum absolute atomic E-state index is 13.3. The number of likely N-dealkylation sites (N-methyl/N-ethyl adjacent to an activating group) is 1. The number of hydrogen-bond donors (Lipinski definition) is 3. The number of carbonyl (C=O) groups excluding carboxylic acids is 1. The molecule has 28 heavy (non-hydrogen) atoms. The lowest BCUT2D eigenvalue weighted by atomic mass is 9.82. The summed E-state index contributed by atoms with van der Waals surface area (Å²) in [5.74, 6) is 4.00. The summed E-state index contributed by atoms with van der Waals surface area (Å²) in [5, 5.41) is 19.6. The molecule has 0 aliphatic heterocycles. The zero-order chi connectivity index (χ0) is 20.9. The van der Waals surface area contributed by atoms with Crippen molar-refractivity contribution in [2.75, 3.05) is 13.7 Å². The molecular weight excluding hydrogens is 384 g/mol. The predicted octanol–water partition coefficient (Wildman–Crippen LogP) is 0.916. The summed E-state index contributed by atoms with van der Waals surface area (Å²) in [6.45, 7) is 1.85. The van der Waals surface area contributed by atoms with Crippen molar-refractivity contribution in [3.63, 3.8) is 0 Å². The zero-order valence-electron chi connectivity index (χ0n) is 16.0. The van der Waals surface area contributed by atoms with Crippen LogP contribution in [-0.2, 0) is 14.6 Å². The van der Waals surface area contributed by atoms with Gasteiger partial charge in [0.05, 0.1) is 11.0 Å². The quantitative estimate of drug-likeness (QED) is 0.361. The van der Waals surface area contributed by atoms with Crippen LogP contribution in [0.4, 0.5) is 0 Å². The fraction of sp³-hybridized carbons (Fsp3) is 0.526. The second-order valence-electron chi connectivity index (χ2n) is 6.82. The summed E-state index contributed by atoms with van der Waals surface area (Å²) in [6.07, 6.45) is 0.646. The van der Waals surface area contributed by atoms with Gasteiger partial charge in [-0.1, -0.05) is 5.92 Å². The van der Waals surface area contributed by atoms with Crippen LogP contribution in [0, 0.1) is 17.8 Å². The van der Waals surface area contributed by atoms with E-state index in [1.54, 1.807) is 6.92 Å². The van der Waals surface area contributed by atoms with E-state index in [9.17, 15) is 23.5 Å². The minimum absolute atomic E-state index is 0.148. The molecule has 1 atom stereocenters. The standard InChI is InChI=1S/C19H26N2O6S/c1-3-4-13-27-16-9-11-17(12-10-16)28(25,26)19(20,18(23)21(2)24)14-5-7-15(22)8-6-14/h9-12,14-15,22,24H,5-8,13,20H2,1-2H3/t14?,15?,19-/m1/s1. The number of hydrogen-bond acceptors (Lipinski definition) is 7. The topological polar surface area (TPSA) is 130 Å². The number of aliphatic hydroxyl groups excluding tert-OH is 1. The first-order chi connectivity index (χ1) is 13.1. The number of benzene rings is 1. The van der Waals surface area contributed by atoms with Crippen molar-refractivity contribution in [1.29, 1.82) is 0 Å². The van der Waals surface area contributed by atoms with Gasteiger partial charge < -0.3 is 15.6 Å². The van der Waals surface area contributed by atoms with E-state index in [2.05, 4.69) is 11.8 Å². The maximum Gasteiger partial charge on any atom is 0.282 e. The van der Waals surface area contributed by atoms with E-state index >= 15 is 0 Å². The van der Waals surface area contributed by atoms with Crippen molar-refractivity contribution in [2.45, 2.75) is 48.5 Å². The molecule has 8 nitrogen and oxygen atoms in total. The Morgan fingerprint density at radius 1 is 1.29 bits per heavy atom. The van der Waals surface area contributed by atoms with Gasteiger partial charge in [-0.25, -0.2) is 13.5 Å². The van der Waals surface area contributed by atoms with Gasteiger partial charge in [0.2, 0.25) is 14.7 Å². The third-order valence-electron chi connectivity index (χ3n) is 5.00. The Kier molecular flexibility index (Phi) is 7.06. The van der Waals surface area contributed by atoms with Crippen molar-refractivity contribution < 1.29 is 28.3 Å². The Morgan fingerprint density at radius 2 is 1.86 bits per heavy atom. The van der Waals surface area contributed by atoms with Gasteiger partial charge in [0.25, 0.3) is 5.91 Å². The van der Waals surface area contributed by atoms with Crippen LogP contribution in [-0.4, -0.2) is 54.3 Å². The average molecular weight is 410 g/mol. The Balaban J connectivity index is 2.40. The van der Waals surface area contributed by atoms with Gasteiger partial charge in [0, 0.05) is 13.0 Å². The summed E-state index contributed by atoms with van der Waals surface area (Å²) >= 11 is 0. The van der Waals surface area contributed by atoms with E-state index in [1.807, 2.05) is 0 Å². The third kappa shape index (κ3) is 4.31. The Morgan fingerprint density at radius 3 is 2.36 bits per heavy atom. The molecule has 0 heterocycles. The molecule has 154 valence electrons. The number of hydroxylamine groups is 2. The van der Waals surface area contributed by atoms with E-state index < -0.39 is 32.6 Å². The Hall–Kier alpha value is -2.12. The average Bonchev–Trinajstić information content (AvgIpc) is 2.67. The van der Waals surface area contributed by atoms with Gasteiger partial charge in [0.1, 0.15) is 12.4 Å². The molecule has 2 rings (SSSR count). The molecule has 1 amide bonds. The highest BCUT2D eigenvalue weighted by molar-refractivity contribution is 7.93. The minimum atomic E-state index is -4.34. The number of nitrogens with zero attached hydrogens (tertiary/aromatic N) is 1. The van der Waals surface area contributed by atoms with Crippen LogP contribution in [0.15, 0.2) is 29.2 Å². The van der Waals surface area contributed by atoms with Gasteiger partial charge in [-0.3, -0.25) is 10.0 Å². The molecule has 1 saturated carbocycles. The van der Waals surface area contributed by atoms with Crippen LogP contribution >= 0.6 is 0 Å². The van der Waals surface area contributed by atoms with Crippen molar-refractivity contribution in [1.82, 2.24) is 5.06 Å². The molecular formula is C19H26N2O6S. The first-order valence-corrected chi connectivity index (χ1v) is 10.4. The van der Waals surface area contributed by atoms with Gasteiger partial charge in [0.15, 0.2) is 0 Å². The molecule has 0 aromatic heterocycles. The summed E-state index contributed by atoms with van der Waals surface area (Å²) in [6, 6.07) is 5.55. The first kappa shape index (κ1) is 22.2. The highest BCUT2D eigenvalue weighted by Crippen LogP contribution is 2.39. The van der Waals surface area contributed by atoms with E-state index in [-0.39, 0.29) is 29.4 Å². The second kappa shape index (κ2) is 8.92. The van der Waals surface area contributed by atoms with Gasteiger partial charge in [-0.2, -0.15) is 0 Å². The maximum atomic E-state index is 13.3. The van der Waals surface area contributed by atoms with E-state index in [1.165, 1.54) is 24.3 Å². The lowest BCUT2D eigenvalue weighted by molar-refractivity contribution is -0.164. The fourth-order valence-corrected chi connectivity index (χ4v) is 5.29. The number of ether oxygens (including phenoxy) is 1. The van der Waals surface area contributed by atoms with Crippen LogP contribution in [0.1, 0.15) is 32.6 Å². The lowest BCUT2D eigenvalue weighted by Gasteiger charge is -2.39. The van der Waals surface area contributed by atoms with E-state index in [0.29, 0.717) is 18.6 Å². The molecule has 1 aliphatic carbocycles. The lowest BCUT2D eigenvalue weighted by Crippen LogP contribution is -2.64. The van der Waals surface area contributed by atoms with E-state index in [0.717, 1.165) is 7.05 Å². The summed E-state index contributed by atoms with van der Waals surface area (Å²) in [5.41, 5.74) is 6.24. The molecule has 1 fully saturated rings. The molecule has 0 unspecified atom stereocenters. The number of rotatable bonds is 6. The van der Waals surface area contributed by atoms with Crippen LogP contribution in [0.2, 0.25) is 0 Å². The molecule has 0 bridgehead atoms. The van der Waals surface area contributed by atoms with E-state index in [4.69, 9.17) is 10.5 Å². The number of carbonyl (C=O) groups is 1. The largest absolute Gasteiger partial charge is 0.481 e. The van der Waals surface area contributed by atoms with Crippen molar-refractivity contribution in [2.24, 2.45) is 11.7 Å². The molecule has 1 aromatic rings. The minimum Gasteiger partial charge on any atom is -0.481 e. The Labute approximate surface area is 165 Å². The molecule has 9 heteroatoms. The highest BCUT2D eigenvalue weighted by Gasteiger charge is 2.55. The number of aliphatic hydroxyl groups is 1. The Bertz CT molecular complexity index is 849. The number of amides is 1. The fourth-order valence-electron chi connectivity index (χ4n) is 3.37. The zero-order valence-corrected chi connectivity index (χ0v) is 16.8. The molecule has 1 aliphatic rings. The second-order valence-corrected chi connectivity index (χ2v) is 8.97. The predicted molar refractivity (Wildman–Crippen MR) is 102 cm³/mol. The summed E-state index contributed by atoms with van der Waals surface area (Å²) in [4.78, 5) is 10.2. The smallest absolute Gasteiger partial charge is 0.282 e. The molecule has 1 aromatic carbocycles. The summed E-state index contributed by atoms with van der Waals surface area (Å²) in [7, 11) is -3.30. The monoisotopic (exact) mass is 410 g/mol. The highest BCUT2D eigenvalue weighted by atomic mass is 32.2. The number of nitrogens with two attached hydrogens (primary N) is 1. The summed E-state index contributed by atoms with van der Waals surface area (Å²) < 4.78 is 32.1. The van der Waals surface area contributed by atoms with Crippen molar-refractivity contribution >= 4 is 15.7 Å². The normalized spacial score (nSPS) is 21.8. The van der Waals surface area contributed by atoms with Gasteiger partial charge in [-0.05, 0) is 56.9 Å². The van der Waals surface area contributed by atoms with Gasteiger partial charge >= 0.3 is 0 Å². The van der Waals surface area contributed by atoms with Crippen LogP contribution in [0.3, 0.4) is 0 Å². The van der Waals surface area contributed by atoms with Crippen LogP contribution < -0.4 is 10.5 Å².